The van der Waals surface area contributed by atoms with Crippen molar-refractivity contribution in [3.8, 4) is 6.07 Å². The quantitative estimate of drug-likeness (QED) is 0.759. The SMILES string of the molecule is N#CCc1ccc(NC(=O)C(=O)NCC2CCN(c3ccc(F)c(F)c3)C2)cc1. The van der Waals surface area contributed by atoms with E-state index < -0.39 is 23.4 Å². The highest BCUT2D eigenvalue weighted by Crippen LogP contribution is 2.25. The number of halogens is 2. The fourth-order valence-corrected chi connectivity index (χ4v) is 3.22. The summed E-state index contributed by atoms with van der Waals surface area (Å²) in [4.78, 5) is 26.0. The van der Waals surface area contributed by atoms with Crippen LogP contribution < -0.4 is 15.5 Å². The van der Waals surface area contributed by atoms with Crippen molar-refractivity contribution < 1.29 is 18.4 Å². The van der Waals surface area contributed by atoms with Crippen LogP contribution in [0.5, 0.6) is 0 Å². The first-order valence-electron chi connectivity index (χ1n) is 9.21. The minimum atomic E-state index is -0.892. The molecule has 0 aromatic heterocycles. The van der Waals surface area contributed by atoms with E-state index in [-0.39, 0.29) is 12.3 Å². The maximum atomic E-state index is 13.4. The first kappa shape index (κ1) is 20.3. The maximum Gasteiger partial charge on any atom is 0.313 e. The van der Waals surface area contributed by atoms with Crippen LogP contribution in [0.15, 0.2) is 42.5 Å². The number of hydrogen-bond donors (Lipinski definition) is 2. The standard InChI is InChI=1S/C21H20F2N4O2/c22-18-6-5-17(11-19(18)23)27-10-8-15(13-27)12-25-20(28)21(29)26-16-3-1-14(2-4-16)7-9-24/h1-6,11,15H,7-8,10,12-13H2,(H,25,28)(H,26,29). The molecule has 0 radical (unpaired) electrons. The fourth-order valence-electron chi connectivity index (χ4n) is 3.22. The Morgan fingerprint density at radius 1 is 1.10 bits per heavy atom. The molecule has 0 spiro atoms. The Labute approximate surface area is 167 Å². The van der Waals surface area contributed by atoms with Crippen molar-refractivity contribution in [3.05, 3.63) is 59.7 Å². The van der Waals surface area contributed by atoms with Crippen LogP contribution in [-0.2, 0) is 16.0 Å². The van der Waals surface area contributed by atoms with Crippen LogP contribution in [0.4, 0.5) is 20.2 Å². The molecule has 3 rings (SSSR count). The van der Waals surface area contributed by atoms with Gasteiger partial charge in [-0.1, -0.05) is 12.1 Å². The molecule has 1 fully saturated rings. The molecule has 6 nitrogen and oxygen atoms in total. The third-order valence-electron chi connectivity index (χ3n) is 4.81. The molecule has 150 valence electrons. The molecule has 0 bridgehead atoms. The molecule has 1 heterocycles. The van der Waals surface area contributed by atoms with Gasteiger partial charge in [0.15, 0.2) is 11.6 Å². The van der Waals surface area contributed by atoms with Crippen LogP contribution in [0.3, 0.4) is 0 Å². The average molecular weight is 398 g/mol. The number of hydrogen-bond acceptors (Lipinski definition) is 4. The van der Waals surface area contributed by atoms with Gasteiger partial charge in [0.1, 0.15) is 0 Å². The number of carbonyl (C=O) groups is 2. The predicted octanol–water partition coefficient (Wildman–Crippen LogP) is 2.61. The molecule has 1 atom stereocenters. The normalized spacial score (nSPS) is 15.6. The van der Waals surface area contributed by atoms with E-state index in [9.17, 15) is 18.4 Å². The molecule has 1 aliphatic heterocycles. The lowest BCUT2D eigenvalue weighted by molar-refractivity contribution is -0.136. The Morgan fingerprint density at radius 3 is 2.55 bits per heavy atom. The van der Waals surface area contributed by atoms with Gasteiger partial charge in [0.2, 0.25) is 0 Å². The van der Waals surface area contributed by atoms with Gasteiger partial charge in [-0.3, -0.25) is 9.59 Å². The smallest absolute Gasteiger partial charge is 0.313 e. The van der Waals surface area contributed by atoms with E-state index >= 15 is 0 Å². The van der Waals surface area contributed by atoms with Crippen LogP contribution in [0, 0.1) is 28.9 Å². The number of nitrogens with zero attached hydrogens (tertiary/aromatic N) is 2. The lowest BCUT2D eigenvalue weighted by Gasteiger charge is -2.19. The van der Waals surface area contributed by atoms with Crippen molar-refractivity contribution in [2.24, 2.45) is 5.92 Å². The lowest BCUT2D eigenvalue weighted by Crippen LogP contribution is -2.38. The largest absolute Gasteiger partial charge is 0.371 e. The number of nitrogens with one attached hydrogen (secondary N) is 2. The molecule has 0 saturated carbocycles. The minimum Gasteiger partial charge on any atom is -0.371 e. The van der Waals surface area contributed by atoms with Gasteiger partial charge in [-0.15, -0.1) is 0 Å². The number of rotatable bonds is 5. The summed E-state index contributed by atoms with van der Waals surface area (Å²) in [5.74, 6) is -3.19. The van der Waals surface area contributed by atoms with Crippen LogP contribution in [0.1, 0.15) is 12.0 Å². The summed E-state index contributed by atoms with van der Waals surface area (Å²) in [6.07, 6.45) is 1.04. The third-order valence-corrected chi connectivity index (χ3v) is 4.81. The number of anilines is 2. The molecule has 1 saturated heterocycles. The molecule has 29 heavy (non-hydrogen) atoms. The van der Waals surface area contributed by atoms with E-state index in [1.54, 1.807) is 24.3 Å². The lowest BCUT2D eigenvalue weighted by atomic mass is 10.1. The van der Waals surface area contributed by atoms with Crippen LogP contribution in [0.2, 0.25) is 0 Å². The first-order chi connectivity index (χ1) is 14.0. The Balaban J connectivity index is 1.46. The van der Waals surface area contributed by atoms with Crippen molar-refractivity contribution in [2.75, 3.05) is 29.9 Å². The topological polar surface area (TPSA) is 85.2 Å². The van der Waals surface area contributed by atoms with Gasteiger partial charge in [0.25, 0.3) is 0 Å². The summed E-state index contributed by atoms with van der Waals surface area (Å²) in [5, 5.41) is 13.8. The van der Waals surface area contributed by atoms with Gasteiger partial charge >= 0.3 is 11.8 Å². The summed E-state index contributed by atoms with van der Waals surface area (Å²) in [6, 6.07) is 12.5. The zero-order valence-electron chi connectivity index (χ0n) is 15.6. The average Bonchev–Trinajstić information content (AvgIpc) is 3.19. The highest BCUT2D eigenvalue weighted by molar-refractivity contribution is 6.39. The summed E-state index contributed by atoms with van der Waals surface area (Å²) < 4.78 is 26.5. The molecule has 1 aliphatic rings. The van der Waals surface area contributed by atoms with Crippen LogP contribution in [0.25, 0.3) is 0 Å². The van der Waals surface area contributed by atoms with Crippen molar-refractivity contribution in [3.63, 3.8) is 0 Å². The van der Waals surface area contributed by atoms with E-state index in [2.05, 4.69) is 10.6 Å². The van der Waals surface area contributed by atoms with E-state index in [1.165, 1.54) is 6.07 Å². The number of amides is 2. The second-order valence-corrected chi connectivity index (χ2v) is 6.90. The van der Waals surface area contributed by atoms with E-state index in [0.29, 0.717) is 31.0 Å². The molecular formula is C21H20F2N4O2. The maximum absolute atomic E-state index is 13.4. The van der Waals surface area contributed by atoms with Crippen molar-refractivity contribution >= 4 is 23.2 Å². The van der Waals surface area contributed by atoms with E-state index in [1.807, 2.05) is 11.0 Å². The Kier molecular flexibility index (Phi) is 6.39. The van der Waals surface area contributed by atoms with Gasteiger partial charge in [-0.25, -0.2) is 8.78 Å². The molecule has 8 heteroatoms. The van der Waals surface area contributed by atoms with Gasteiger partial charge in [-0.2, -0.15) is 5.26 Å². The summed E-state index contributed by atoms with van der Waals surface area (Å²) in [5.41, 5.74) is 1.88. The van der Waals surface area contributed by atoms with Gasteiger partial charge in [0.05, 0.1) is 12.5 Å². The van der Waals surface area contributed by atoms with Gasteiger partial charge in [0, 0.05) is 37.1 Å². The molecule has 2 aromatic carbocycles. The monoisotopic (exact) mass is 398 g/mol. The molecular weight excluding hydrogens is 378 g/mol. The van der Waals surface area contributed by atoms with Crippen molar-refractivity contribution in [1.29, 1.82) is 5.26 Å². The molecule has 2 N–H and O–H groups in total. The van der Waals surface area contributed by atoms with Gasteiger partial charge in [-0.05, 0) is 42.2 Å². The second kappa shape index (κ2) is 9.15. The van der Waals surface area contributed by atoms with Crippen molar-refractivity contribution in [2.45, 2.75) is 12.8 Å². The van der Waals surface area contributed by atoms with Gasteiger partial charge < -0.3 is 15.5 Å². The number of nitriles is 1. The minimum absolute atomic E-state index is 0.102. The fraction of sp³-hybridized carbons (Fsp3) is 0.286. The van der Waals surface area contributed by atoms with E-state index in [0.717, 1.165) is 24.1 Å². The Morgan fingerprint density at radius 2 is 1.86 bits per heavy atom. The molecule has 1 unspecified atom stereocenters. The first-order valence-corrected chi connectivity index (χ1v) is 9.21. The molecule has 0 aliphatic carbocycles. The Hall–Kier alpha value is -3.47. The summed E-state index contributed by atoms with van der Waals surface area (Å²) >= 11 is 0. The van der Waals surface area contributed by atoms with Crippen molar-refractivity contribution in [1.82, 2.24) is 5.32 Å². The number of benzene rings is 2. The highest BCUT2D eigenvalue weighted by Gasteiger charge is 2.25. The zero-order valence-corrected chi connectivity index (χ0v) is 15.6. The van der Waals surface area contributed by atoms with Crippen LogP contribution >= 0.6 is 0 Å². The number of carbonyl (C=O) groups excluding carboxylic acids is 2. The summed E-state index contributed by atoms with van der Waals surface area (Å²) in [7, 11) is 0. The predicted molar refractivity (Wildman–Crippen MR) is 104 cm³/mol. The van der Waals surface area contributed by atoms with E-state index in [4.69, 9.17) is 5.26 Å². The second-order valence-electron chi connectivity index (χ2n) is 6.90. The highest BCUT2D eigenvalue weighted by atomic mass is 19.2. The molecule has 2 aromatic rings. The third kappa shape index (κ3) is 5.29. The zero-order chi connectivity index (χ0) is 20.8. The Bertz CT molecular complexity index is 941. The molecule has 2 amide bonds. The van der Waals surface area contributed by atoms with Crippen LogP contribution in [-0.4, -0.2) is 31.4 Å². The summed E-state index contributed by atoms with van der Waals surface area (Å²) in [6.45, 7) is 1.55.